The average molecular weight is 375 g/mol. The molecule has 0 unspecified atom stereocenters. The van der Waals surface area contributed by atoms with Crippen molar-refractivity contribution in [2.45, 2.75) is 46.1 Å². The standard InChI is InChI=1S/C20H26N2O3S/c1-4-12-22(13-18-21-17(14-26-18)20(24)25-6-3)19(23)16(5-2)15-10-8-7-9-11-15/h7-11,14,16H,4-6,12-13H2,1-3H3/t16-/m1/s1. The first-order valence-corrected chi connectivity index (χ1v) is 9.93. The number of carbonyl (C=O) groups is 2. The molecule has 0 saturated heterocycles. The van der Waals surface area contributed by atoms with Crippen LogP contribution in [-0.2, 0) is 16.1 Å². The molecule has 1 atom stereocenters. The van der Waals surface area contributed by atoms with Crippen molar-refractivity contribution in [2.24, 2.45) is 0 Å². The molecule has 2 aromatic rings. The lowest BCUT2D eigenvalue weighted by Gasteiger charge is -2.26. The molecule has 6 heteroatoms. The van der Waals surface area contributed by atoms with Gasteiger partial charge in [0.25, 0.3) is 0 Å². The molecule has 1 aromatic carbocycles. The second kappa shape index (κ2) is 10.1. The molecule has 1 amide bonds. The summed E-state index contributed by atoms with van der Waals surface area (Å²) in [6.45, 7) is 7.25. The first-order valence-electron chi connectivity index (χ1n) is 9.05. The summed E-state index contributed by atoms with van der Waals surface area (Å²) in [6, 6.07) is 9.87. The summed E-state index contributed by atoms with van der Waals surface area (Å²) in [4.78, 5) is 31.1. The van der Waals surface area contributed by atoms with E-state index in [2.05, 4.69) is 11.9 Å². The fourth-order valence-corrected chi connectivity index (χ4v) is 3.62. The smallest absolute Gasteiger partial charge is 0.357 e. The van der Waals surface area contributed by atoms with E-state index in [1.807, 2.05) is 42.2 Å². The van der Waals surface area contributed by atoms with Crippen LogP contribution in [0.5, 0.6) is 0 Å². The predicted octanol–water partition coefficient (Wildman–Crippen LogP) is 4.25. The summed E-state index contributed by atoms with van der Waals surface area (Å²) in [5.74, 6) is -0.472. The van der Waals surface area contributed by atoms with Gasteiger partial charge in [-0.25, -0.2) is 9.78 Å². The molecule has 0 spiro atoms. The molecule has 0 fully saturated rings. The maximum Gasteiger partial charge on any atom is 0.357 e. The summed E-state index contributed by atoms with van der Waals surface area (Å²) in [5.41, 5.74) is 1.35. The van der Waals surface area contributed by atoms with E-state index in [1.54, 1.807) is 12.3 Å². The summed E-state index contributed by atoms with van der Waals surface area (Å²) in [5, 5.41) is 2.44. The highest BCUT2D eigenvalue weighted by molar-refractivity contribution is 7.09. The van der Waals surface area contributed by atoms with Crippen LogP contribution in [0.1, 0.15) is 60.6 Å². The Morgan fingerprint density at radius 2 is 1.92 bits per heavy atom. The van der Waals surface area contributed by atoms with Crippen LogP contribution >= 0.6 is 11.3 Å². The van der Waals surface area contributed by atoms with Gasteiger partial charge in [-0.3, -0.25) is 4.79 Å². The van der Waals surface area contributed by atoms with Crippen molar-refractivity contribution in [1.82, 2.24) is 9.88 Å². The summed E-state index contributed by atoms with van der Waals surface area (Å²) < 4.78 is 4.98. The van der Waals surface area contributed by atoms with Gasteiger partial charge in [0.05, 0.1) is 19.1 Å². The molecule has 1 heterocycles. The highest BCUT2D eigenvalue weighted by atomic mass is 32.1. The molecular formula is C20H26N2O3S. The van der Waals surface area contributed by atoms with Crippen molar-refractivity contribution in [3.05, 3.63) is 52.0 Å². The number of rotatable bonds is 9. The molecule has 0 saturated carbocycles. The Hall–Kier alpha value is -2.21. The molecule has 0 bridgehead atoms. The Bertz CT molecular complexity index is 715. The fourth-order valence-electron chi connectivity index (χ4n) is 2.84. The van der Waals surface area contributed by atoms with E-state index in [0.29, 0.717) is 25.4 Å². The quantitative estimate of drug-likeness (QED) is 0.616. The SMILES string of the molecule is CCCN(Cc1nc(C(=O)OCC)cs1)C(=O)[C@H](CC)c1ccccc1. The fraction of sp³-hybridized carbons (Fsp3) is 0.450. The van der Waals surface area contributed by atoms with Crippen LogP contribution in [0.4, 0.5) is 0 Å². The zero-order valence-corrected chi connectivity index (χ0v) is 16.4. The van der Waals surface area contributed by atoms with Gasteiger partial charge in [-0.05, 0) is 25.3 Å². The number of aromatic nitrogens is 1. The van der Waals surface area contributed by atoms with Crippen LogP contribution in [0.3, 0.4) is 0 Å². The van der Waals surface area contributed by atoms with Gasteiger partial charge in [0.15, 0.2) is 5.69 Å². The van der Waals surface area contributed by atoms with Crippen LogP contribution in [-0.4, -0.2) is 34.9 Å². The zero-order chi connectivity index (χ0) is 18.9. The lowest BCUT2D eigenvalue weighted by atomic mass is 9.95. The van der Waals surface area contributed by atoms with Gasteiger partial charge in [0, 0.05) is 11.9 Å². The summed E-state index contributed by atoms with van der Waals surface area (Å²) >= 11 is 1.38. The largest absolute Gasteiger partial charge is 0.461 e. The number of thiazole rings is 1. The second-order valence-electron chi connectivity index (χ2n) is 5.98. The number of carbonyl (C=O) groups excluding carboxylic acids is 2. The number of hydrogen-bond donors (Lipinski definition) is 0. The molecular weight excluding hydrogens is 348 g/mol. The summed E-state index contributed by atoms with van der Waals surface area (Å²) in [7, 11) is 0. The van der Waals surface area contributed by atoms with Crippen molar-refractivity contribution in [1.29, 1.82) is 0 Å². The number of nitrogens with zero attached hydrogens (tertiary/aromatic N) is 2. The molecule has 140 valence electrons. The normalized spacial score (nSPS) is 11.8. The van der Waals surface area contributed by atoms with E-state index < -0.39 is 5.97 Å². The molecule has 1 aromatic heterocycles. The van der Waals surface area contributed by atoms with Crippen molar-refractivity contribution >= 4 is 23.2 Å². The number of amides is 1. The highest BCUT2D eigenvalue weighted by Gasteiger charge is 2.25. The third-order valence-electron chi connectivity index (χ3n) is 4.08. The van der Waals surface area contributed by atoms with Gasteiger partial charge < -0.3 is 9.64 Å². The van der Waals surface area contributed by atoms with E-state index in [-0.39, 0.29) is 11.8 Å². The Balaban J connectivity index is 2.15. The second-order valence-corrected chi connectivity index (χ2v) is 6.92. The van der Waals surface area contributed by atoms with Crippen molar-refractivity contribution in [2.75, 3.05) is 13.2 Å². The van der Waals surface area contributed by atoms with E-state index in [4.69, 9.17) is 4.74 Å². The van der Waals surface area contributed by atoms with Gasteiger partial charge in [-0.2, -0.15) is 0 Å². The van der Waals surface area contributed by atoms with E-state index >= 15 is 0 Å². The van der Waals surface area contributed by atoms with Crippen molar-refractivity contribution in [3.8, 4) is 0 Å². The minimum absolute atomic E-state index is 0.105. The first kappa shape index (κ1) is 20.1. The molecule has 5 nitrogen and oxygen atoms in total. The predicted molar refractivity (Wildman–Crippen MR) is 103 cm³/mol. The number of hydrogen-bond acceptors (Lipinski definition) is 5. The topological polar surface area (TPSA) is 59.5 Å². The van der Waals surface area contributed by atoms with Crippen LogP contribution in [0.15, 0.2) is 35.7 Å². The van der Waals surface area contributed by atoms with Crippen molar-refractivity contribution in [3.63, 3.8) is 0 Å². The third-order valence-corrected chi connectivity index (χ3v) is 4.91. The van der Waals surface area contributed by atoms with Crippen LogP contribution in [0, 0.1) is 0 Å². The van der Waals surface area contributed by atoms with Crippen molar-refractivity contribution < 1.29 is 14.3 Å². The third kappa shape index (κ3) is 5.14. The molecule has 2 rings (SSSR count). The van der Waals surface area contributed by atoms with Gasteiger partial charge in [-0.1, -0.05) is 44.2 Å². The van der Waals surface area contributed by atoms with Crippen LogP contribution in [0.2, 0.25) is 0 Å². The zero-order valence-electron chi connectivity index (χ0n) is 15.6. The van der Waals surface area contributed by atoms with Gasteiger partial charge in [0.2, 0.25) is 5.91 Å². The number of esters is 1. The minimum Gasteiger partial charge on any atom is -0.461 e. The van der Waals surface area contributed by atoms with Crippen LogP contribution in [0.25, 0.3) is 0 Å². The maximum atomic E-state index is 13.1. The van der Waals surface area contributed by atoms with E-state index in [0.717, 1.165) is 23.4 Å². The van der Waals surface area contributed by atoms with E-state index in [9.17, 15) is 9.59 Å². The lowest BCUT2D eigenvalue weighted by molar-refractivity contribution is -0.133. The van der Waals surface area contributed by atoms with E-state index in [1.165, 1.54) is 11.3 Å². The molecule has 0 aliphatic heterocycles. The monoisotopic (exact) mass is 374 g/mol. The Morgan fingerprint density at radius 3 is 2.54 bits per heavy atom. The first-order chi connectivity index (χ1) is 12.6. The summed E-state index contributed by atoms with van der Waals surface area (Å²) in [6.07, 6.45) is 1.61. The number of benzene rings is 1. The lowest BCUT2D eigenvalue weighted by Crippen LogP contribution is -2.35. The Kier molecular flexibility index (Phi) is 7.78. The number of ether oxygens (including phenoxy) is 1. The molecule has 0 N–H and O–H groups in total. The molecule has 0 aliphatic carbocycles. The average Bonchev–Trinajstić information content (AvgIpc) is 3.12. The van der Waals surface area contributed by atoms with Gasteiger partial charge in [0.1, 0.15) is 5.01 Å². The Labute approximate surface area is 159 Å². The van der Waals surface area contributed by atoms with Gasteiger partial charge >= 0.3 is 5.97 Å². The van der Waals surface area contributed by atoms with Crippen LogP contribution < -0.4 is 0 Å². The maximum absolute atomic E-state index is 13.1. The molecule has 0 aliphatic rings. The minimum atomic E-state index is -0.418. The highest BCUT2D eigenvalue weighted by Crippen LogP contribution is 2.24. The molecule has 0 radical (unpaired) electrons. The van der Waals surface area contributed by atoms with Gasteiger partial charge in [-0.15, -0.1) is 11.3 Å². The molecule has 26 heavy (non-hydrogen) atoms. The Morgan fingerprint density at radius 1 is 1.19 bits per heavy atom.